The zero-order valence-electron chi connectivity index (χ0n) is 17.8. The quantitative estimate of drug-likeness (QED) is 0.510. The third kappa shape index (κ3) is 5.36. The van der Waals surface area contributed by atoms with Gasteiger partial charge in [-0.2, -0.15) is 8.42 Å². The molecule has 6 nitrogen and oxygen atoms in total. The highest BCUT2D eigenvalue weighted by molar-refractivity contribution is 7.87. The smallest absolute Gasteiger partial charge is 0.339 e. The van der Waals surface area contributed by atoms with Gasteiger partial charge in [-0.25, -0.2) is 0 Å². The lowest BCUT2D eigenvalue weighted by Crippen LogP contribution is -2.44. The predicted octanol–water partition coefficient (Wildman–Crippen LogP) is 3.91. The van der Waals surface area contributed by atoms with Crippen molar-refractivity contribution in [1.82, 2.24) is 4.90 Å². The molecule has 4 rings (SSSR count). The summed E-state index contributed by atoms with van der Waals surface area (Å²) in [5.74, 6) is 0.198. The van der Waals surface area contributed by atoms with Crippen molar-refractivity contribution in [2.45, 2.75) is 24.3 Å². The van der Waals surface area contributed by atoms with Gasteiger partial charge < -0.3 is 13.8 Å². The molecule has 1 fully saturated rings. The van der Waals surface area contributed by atoms with Gasteiger partial charge in [0.1, 0.15) is 23.4 Å². The van der Waals surface area contributed by atoms with Gasteiger partial charge in [-0.05, 0) is 48.7 Å². The molecule has 0 bridgehead atoms. The molecule has 0 aliphatic carbocycles. The molecule has 3 aromatic rings. The van der Waals surface area contributed by atoms with Crippen LogP contribution in [0.5, 0.6) is 5.75 Å². The molecule has 7 heteroatoms. The van der Waals surface area contributed by atoms with Crippen molar-refractivity contribution in [1.29, 1.82) is 0 Å². The first-order chi connectivity index (χ1) is 15.4. The Labute approximate surface area is 188 Å². The number of aryl methyl sites for hydroxylation is 1. The summed E-state index contributed by atoms with van der Waals surface area (Å²) >= 11 is 0. The van der Waals surface area contributed by atoms with E-state index in [-0.39, 0.29) is 29.3 Å². The molecular weight excluding hydrogens is 426 g/mol. The van der Waals surface area contributed by atoms with E-state index in [1.807, 2.05) is 42.2 Å². The Kier molecular flexibility index (Phi) is 6.58. The summed E-state index contributed by atoms with van der Waals surface area (Å²) in [5.41, 5.74) is 3.01. The van der Waals surface area contributed by atoms with Crippen LogP contribution in [0.3, 0.4) is 0 Å². The summed E-state index contributed by atoms with van der Waals surface area (Å²) in [5, 5.41) is 0. The van der Waals surface area contributed by atoms with E-state index in [1.165, 1.54) is 17.7 Å². The van der Waals surface area contributed by atoms with Crippen molar-refractivity contribution in [2.24, 2.45) is 0 Å². The first-order valence-corrected chi connectivity index (χ1v) is 11.9. The van der Waals surface area contributed by atoms with Crippen molar-refractivity contribution >= 4 is 16.0 Å². The highest BCUT2D eigenvalue weighted by Gasteiger charge is 2.27. The predicted molar refractivity (Wildman–Crippen MR) is 121 cm³/mol. The van der Waals surface area contributed by atoms with Gasteiger partial charge >= 0.3 is 10.1 Å². The summed E-state index contributed by atoms with van der Waals surface area (Å²) < 4.78 is 35.9. The maximum Gasteiger partial charge on any atom is 0.339 e. The molecule has 0 saturated carbocycles. The van der Waals surface area contributed by atoms with Crippen LogP contribution >= 0.6 is 0 Å². The topological polar surface area (TPSA) is 72.9 Å². The number of ether oxygens (including phenoxy) is 1. The molecule has 3 aromatic carbocycles. The van der Waals surface area contributed by atoms with Crippen molar-refractivity contribution < 1.29 is 22.1 Å². The Morgan fingerprint density at radius 1 is 0.969 bits per heavy atom. The van der Waals surface area contributed by atoms with Gasteiger partial charge in [-0.15, -0.1) is 0 Å². The summed E-state index contributed by atoms with van der Waals surface area (Å²) in [6, 6.07) is 23.3. The molecule has 0 spiro atoms. The van der Waals surface area contributed by atoms with E-state index in [2.05, 4.69) is 0 Å². The average Bonchev–Trinajstić information content (AvgIpc) is 2.80. The fourth-order valence-corrected chi connectivity index (χ4v) is 4.49. The molecule has 1 atom stereocenters. The number of benzene rings is 3. The van der Waals surface area contributed by atoms with Gasteiger partial charge in [0, 0.05) is 6.54 Å². The number of morpholine rings is 1. The summed E-state index contributed by atoms with van der Waals surface area (Å²) in [4.78, 5) is 14.2. The monoisotopic (exact) mass is 451 g/mol. The van der Waals surface area contributed by atoms with Crippen LogP contribution in [0, 0.1) is 6.92 Å². The van der Waals surface area contributed by atoms with Crippen LogP contribution in [0.15, 0.2) is 83.8 Å². The van der Waals surface area contributed by atoms with E-state index in [0.717, 1.165) is 17.5 Å². The summed E-state index contributed by atoms with van der Waals surface area (Å²) in [6.45, 7) is 2.99. The van der Waals surface area contributed by atoms with E-state index in [1.54, 1.807) is 36.4 Å². The van der Waals surface area contributed by atoms with Crippen LogP contribution in [0.4, 0.5) is 0 Å². The zero-order valence-corrected chi connectivity index (χ0v) is 18.6. The number of hydrogen-bond donors (Lipinski definition) is 0. The molecule has 166 valence electrons. The van der Waals surface area contributed by atoms with Crippen molar-refractivity contribution in [2.75, 3.05) is 19.7 Å². The number of carbonyl (C=O) groups excluding carboxylic acids is 1. The van der Waals surface area contributed by atoms with E-state index in [0.29, 0.717) is 13.1 Å². The lowest BCUT2D eigenvalue weighted by atomic mass is 10.1. The number of amides is 1. The lowest BCUT2D eigenvalue weighted by Gasteiger charge is -2.33. The van der Waals surface area contributed by atoms with Crippen molar-refractivity contribution in [3.8, 4) is 5.75 Å². The number of nitrogens with zero attached hydrogens (tertiary/aromatic N) is 1. The Hall–Kier alpha value is -3.16. The van der Waals surface area contributed by atoms with Crippen LogP contribution in [-0.2, 0) is 26.1 Å². The molecule has 0 unspecified atom stereocenters. The largest absolute Gasteiger partial charge is 0.379 e. The standard InChI is InChI=1S/C25H25NO5S/c1-19-7-13-23(14-8-19)32(28,29)31-22-11-9-21(10-12-22)24-17-26(25(27)18-30-24)16-15-20-5-3-2-4-6-20/h2-14,24H,15-18H2,1H3/t24-/m1/s1. The molecule has 32 heavy (non-hydrogen) atoms. The summed E-state index contributed by atoms with van der Waals surface area (Å²) in [6.07, 6.45) is 0.509. The molecule has 1 amide bonds. The second-order valence-electron chi connectivity index (χ2n) is 7.79. The van der Waals surface area contributed by atoms with Gasteiger partial charge in [0.25, 0.3) is 0 Å². The molecule has 0 N–H and O–H groups in total. The molecule has 0 aromatic heterocycles. The van der Waals surface area contributed by atoms with E-state index < -0.39 is 10.1 Å². The van der Waals surface area contributed by atoms with Gasteiger partial charge in [0.15, 0.2) is 0 Å². The molecule has 0 radical (unpaired) electrons. The van der Waals surface area contributed by atoms with Crippen LogP contribution in [0.2, 0.25) is 0 Å². The van der Waals surface area contributed by atoms with E-state index in [9.17, 15) is 13.2 Å². The maximum absolute atomic E-state index is 12.5. The third-order valence-electron chi connectivity index (χ3n) is 5.43. The van der Waals surface area contributed by atoms with Crippen LogP contribution in [0.1, 0.15) is 22.8 Å². The number of carbonyl (C=O) groups is 1. The Balaban J connectivity index is 1.39. The highest BCUT2D eigenvalue weighted by atomic mass is 32.2. The fourth-order valence-electron chi connectivity index (χ4n) is 3.56. The van der Waals surface area contributed by atoms with Crippen LogP contribution in [-0.4, -0.2) is 38.9 Å². The minimum absolute atomic E-state index is 0.0266. The van der Waals surface area contributed by atoms with Crippen molar-refractivity contribution in [3.05, 3.63) is 95.6 Å². The van der Waals surface area contributed by atoms with Crippen LogP contribution in [0.25, 0.3) is 0 Å². The normalized spacial score (nSPS) is 16.7. The van der Waals surface area contributed by atoms with E-state index in [4.69, 9.17) is 8.92 Å². The Morgan fingerprint density at radius 2 is 1.66 bits per heavy atom. The SMILES string of the molecule is Cc1ccc(S(=O)(=O)Oc2ccc([C@H]3CN(CCc4ccccc4)C(=O)CO3)cc2)cc1. The maximum atomic E-state index is 12.5. The second-order valence-corrected chi connectivity index (χ2v) is 9.34. The van der Waals surface area contributed by atoms with Gasteiger partial charge in [-0.3, -0.25) is 4.79 Å². The third-order valence-corrected chi connectivity index (χ3v) is 6.69. The van der Waals surface area contributed by atoms with Gasteiger partial charge in [0.05, 0.1) is 6.54 Å². The zero-order chi connectivity index (χ0) is 22.6. The molecule has 1 saturated heterocycles. The van der Waals surface area contributed by atoms with Crippen LogP contribution < -0.4 is 4.18 Å². The number of rotatable bonds is 7. The molecule has 1 aliphatic rings. The highest BCUT2D eigenvalue weighted by Crippen LogP contribution is 2.26. The minimum Gasteiger partial charge on any atom is -0.379 e. The summed E-state index contributed by atoms with van der Waals surface area (Å²) in [7, 11) is -3.90. The molecule has 1 heterocycles. The number of hydrogen-bond acceptors (Lipinski definition) is 5. The molecular formula is C25H25NO5S. The minimum atomic E-state index is -3.90. The first-order valence-electron chi connectivity index (χ1n) is 10.5. The van der Waals surface area contributed by atoms with Crippen molar-refractivity contribution in [3.63, 3.8) is 0 Å². The Morgan fingerprint density at radius 3 is 2.34 bits per heavy atom. The van der Waals surface area contributed by atoms with Gasteiger partial charge in [0.2, 0.25) is 5.91 Å². The van der Waals surface area contributed by atoms with Gasteiger partial charge in [-0.1, -0.05) is 60.2 Å². The first kappa shape index (κ1) is 22.0. The Bertz CT molecular complexity index is 1160. The average molecular weight is 452 g/mol. The fraction of sp³-hybridized carbons (Fsp3) is 0.240. The van der Waals surface area contributed by atoms with E-state index >= 15 is 0 Å². The lowest BCUT2D eigenvalue weighted by molar-refractivity contribution is -0.149. The second kappa shape index (κ2) is 9.54. The molecule has 1 aliphatic heterocycles.